The molecule has 0 radical (unpaired) electrons. The van der Waals surface area contributed by atoms with Crippen LogP contribution in [0.5, 0.6) is 0 Å². The summed E-state index contributed by atoms with van der Waals surface area (Å²) in [5.41, 5.74) is 3.27. The van der Waals surface area contributed by atoms with E-state index in [1.165, 1.54) is 6.20 Å². The molecule has 4 nitrogen and oxygen atoms in total. The van der Waals surface area contributed by atoms with Crippen molar-refractivity contribution in [2.75, 3.05) is 5.32 Å². The highest BCUT2D eigenvalue weighted by Crippen LogP contribution is 2.32. The van der Waals surface area contributed by atoms with Crippen LogP contribution in [0.4, 0.5) is 5.69 Å². The molecule has 1 aromatic carbocycles. The Morgan fingerprint density at radius 3 is 2.52 bits per heavy atom. The number of carbonyl (C=O) groups excluding carboxylic acids is 1. The van der Waals surface area contributed by atoms with Crippen molar-refractivity contribution >= 4 is 46.4 Å². The fraction of sp³-hybridized carbons (Fsp3) is 0.250. The minimum absolute atomic E-state index is 0.383. The van der Waals surface area contributed by atoms with E-state index < -0.39 is 9.96 Å². The number of benzene rings is 1. The molecule has 1 atom stereocenters. The summed E-state index contributed by atoms with van der Waals surface area (Å²) in [5, 5.41) is 5.74. The van der Waals surface area contributed by atoms with Gasteiger partial charge in [-0.05, 0) is 37.6 Å². The molecule has 2 aromatic rings. The van der Waals surface area contributed by atoms with E-state index >= 15 is 0 Å². The minimum atomic E-state index is -1.73. The Morgan fingerprint density at radius 2 is 1.96 bits per heavy atom. The van der Waals surface area contributed by atoms with Crippen LogP contribution >= 0.6 is 34.8 Å². The van der Waals surface area contributed by atoms with E-state index in [0.29, 0.717) is 5.56 Å². The second-order valence-electron chi connectivity index (χ2n) is 5.15. The first-order valence-electron chi connectivity index (χ1n) is 6.89. The summed E-state index contributed by atoms with van der Waals surface area (Å²) in [5.74, 6) is -0.383. The van der Waals surface area contributed by atoms with Gasteiger partial charge >= 0.3 is 0 Å². The third kappa shape index (κ3) is 4.99. The van der Waals surface area contributed by atoms with Crippen LogP contribution < -0.4 is 10.6 Å². The topological polar surface area (TPSA) is 54.0 Å². The van der Waals surface area contributed by atoms with Gasteiger partial charge in [-0.3, -0.25) is 9.78 Å². The Labute approximate surface area is 150 Å². The highest BCUT2D eigenvalue weighted by molar-refractivity contribution is 6.68. The largest absolute Gasteiger partial charge is 0.362 e. The van der Waals surface area contributed by atoms with Crippen LogP contribution in [-0.2, 0) is 0 Å². The monoisotopic (exact) mass is 371 g/mol. The molecule has 0 bridgehead atoms. The SMILES string of the molecule is Cc1ccc(NC(NC(=O)c2cccnc2)C(Cl)(Cl)Cl)c(C)c1. The lowest BCUT2D eigenvalue weighted by Gasteiger charge is -2.28. The Hall–Kier alpha value is -1.49. The number of hydrogen-bond acceptors (Lipinski definition) is 3. The number of aromatic nitrogens is 1. The highest BCUT2D eigenvalue weighted by Gasteiger charge is 2.34. The molecule has 7 heteroatoms. The number of amides is 1. The zero-order valence-corrected chi connectivity index (χ0v) is 14.9. The molecular weight excluding hydrogens is 357 g/mol. The van der Waals surface area contributed by atoms with E-state index in [9.17, 15) is 4.79 Å². The maximum atomic E-state index is 12.3. The van der Waals surface area contributed by atoms with Gasteiger partial charge in [-0.1, -0.05) is 52.5 Å². The van der Waals surface area contributed by atoms with Crippen molar-refractivity contribution in [1.82, 2.24) is 10.3 Å². The van der Waals surface area contributed by atoms with Gasteiger partial charge in [0.1, 0.15) is 6.17 Å². The first kappa shape index (κ1) is 17.9. The second kappa shape index (κ2) is 7.39. The average Bonchev–Trinajstić information content (AvgIpc) is 2.48. The van der Waals surface area contributed by atoms with E-state index in [4.69, 9.17) is 34.8 Å². The lowest BCUT2D eigenvalue weighted by Crippen LogP contribution is -2.49. The van der Waals surface area contributed by atoms with Gasteiger partial charge in [0.2, 0.25) is 3.79 Å². The fourth-order valence-corrected chi connectivity index (χ4v) is 2.37. The smallest absolute Gasteiger partial charge is 0.254 e. The summed E-state index contributed by atoms with van der Waals surface area (Å²) in [6.45, 7) is 3.93. The minimum Gasteiger partial charge on any atom is -0.362 e. The molecule has 1 heterocycles. The van der Waals surface area contributed by atoms with Gasteiger partial charge in [-0.2, -0.15) is 0 Å². The molecule has 1 amide bonds. The highest BCUT2D eigenvalue weighted by atomic mass is 35.6. The normalized spacial score (nSPS) is 12.6. The number of carbonyl (C=O) groups is 1. The van der Waals surface area contributed by atoms with Gasteiger partial charge in [0.25, 0.3) is 5.91 Å². The fourth-order valence-electron chi connectivity index (χ4n) is 2.04. The molecule has 0 aliphatic rings. The Kier molecular flexibility index (Phi) is 5.74. The molecule has 0 saturated carbocycles. The average molecular weight is 373 g/mol. The van der Waals surface area contributed by atoms with Crippen LogP contribution in [0.15, 0.2) is 42.7 Å². The summed E-state index contributed by atoms with van der Waals surface area (Å²) in [6.07, 6.45) is 2.13. The molecule has 0 aliphatic heterocycles. The number of nitrogens with one attached hydrogen (secondary N) is 2. The standard InChI is InChI=1S/C16H16Cl3N3O/c1-10-5-6-13(11(2)8-10)21-15(16(17,18)19)22-14(23)12-4-3-7-20-9-12/h3-9,15,21H,1-2H3,(H,22,23). The van der Waals surface area contributed by atoms with E-state index in [-0.39, 0.29) is 5.91 Å². The van der Waals surface area contributed by atoms with E-state index in [0.717, 1.165) is 16.8 Å². The Morgan fingerprint density at radius 1 is 1.22 bits per heavy atom. The zero-order chi connectivity index (χ0) is 17.0. The predicted octanol–water partition coefficient (Wildman–Crippen LogP) is 4.24. The second-order valence-corrected chi connectivity index (χ2v) is 7.52. The summed E-state index contributed by atoms with van der Waals surface area (Å²) < 4.78 is -1.73. The molecule has 0 saturated heterocycles. The van der Waals surface area contributed by atoms with Gasteiger partial charge in [0.05, 0.1) is 5.56 Å². The molecule has 0 spiro atoms. The number of rotatable bonds is 4. The lowest BCUT2D eigenvalue weighted by molar-refractivity contribution is 0.0941. The van der Waals surface area contributed by atoms with E-state index in [1.807, 2.05) is 32.0 Å². The maximum Gasteiger partial charge on any atom is 0.254 e. The number of pyridine rings is 1. The van der Waals surface area contributed by atoms with Crippen molar-refractivity contribution < 1.29 is 4.79 Å². The van der Waals surface area contributed by atoms with Crippen molar-refractivity contribution in [3.63, 3.8) is 0 Å². The number of halogens is 3. The first-order chi connectivity index (χ1) is 10.8. The number of aryl methyl sites for hydroxylation is 2. The molecule has 23 heavy (non-hydrogen) atoms. The van der Waals surface area contributed by atoms with Crippen LogP contribution in [0.25, 0.3) is 0 Å². The maximum absolute atomic E-state index is 12.3. The molecule has 122 valence electrons. The summed E-state index contributed by atoms with van der Waals surface area (Å²) in [6, 6.07) is 9.12. The number of nitrogens with zero attached hydrogens (tertiary/aromatic N) is 1. The van der Waals surface area contributed by atoms with Gasteiger partial charge in [0, 0.05) is 18.1 Å². The first-order valence-corrected chi connectivity index (χ1v) is 8.02. The third-order valence-corrected chi connectivity index (χ3v) is 3.86. The van der Waals surface area contributed by atoms with Crippen LogP contribution in [0.3, 0.4) is 0 Å². The van der Waals surface area contributed by atoms with Crippen LogP contribution in [0, 0.1) is 13.8 Å². The van der Waals surface area contributed by atoms with E-state index in [2.05, 4.69) is 15.6 Å². The van der Waals surface area contributed by atoms with Crippen LogP contribution in [0.1, 0.15) is 21.5 Å². The molecule has 0 aliphatic carbocycles. The number of anilines is 1. The molecular formula is C16H16Cl3N3O. The van der Waals surface area contributed by atoms with E-state index in [1.54, 1.807) is 18.3 Å². The molecule has 1 aromatic heterocycles. The van der Waals surface area contributed by atoms with Crippen molar-refractivity contribution in [1.29, 1.82) is 0 Å². The van der Waals surface area contributed by atoms with Gasteiger partial charge < -0.3 is 10.6 Å². The number of alkyl halides is 3. The van der Waals surface area contributed by atoms with Crippen molar-refractivity contribution in [2.24, 2.45) is 0 Å². The van der Waals surface area contributed by atoms with Gasteiger partial charge in [-0.25, -0.2) is 0 Å². The van der Waals surface area contributed by atoms with Gasteiger partial charge in [-0.15, -0.1) is 0 Å². The molecule has 0 fully saturated rings. The molecule has 2 N–H and O–H groups in total. The van der Waals surface area contributed by atoms with Gasteiger partial charge in [0.15, 0.2) is 0 Å². The Balaban J connectivity index is 2.19. The van der Waals surface area contributed by atoms with Crippen molar-refractivity contribution in [3.8, 4) is 0 Å². The predicted molar refractivity (Wildman–Crippen MR) is 95.3 cm³/mol. The molecule has 2 rings (SSSR count). The third-order valence-electron chi connectivity index (χ3n) is 3.21. The number of hydrogen-bond donors (Lipinski definition) is 2. The summed E-state index contributed by atoms with van der Waals surface area (Å²) in [7, 11) is 0. The van der Waals surface area contributed by atoms with Crippen molar-refractivity contribution in [2.45, 2.75) is 23.8 Å². The summed E-state index contributed by atoms with van der Waals surface area (Å²) >= 11 is 18.0. The quantitative estimate of drug-likeness (QED) is 0.623. The lowest BCUT2D eigenvalue weighted by atomic mass is 10.1. The molecule has 1 unspecified atom stereocenters. The van der Waals surface area contributed by atoms with Crippen LogP contribution in [0.2, 0.25) is 0 Å². The van der Waals surface area contributed by atoms with Crippen molar-refractivity contribution in [3.05, 3.63) is 59.4 Å². The summed E-state index contributed by atoms with van der Waals surface area (Å²) in [4.78, 5) is 16.2. The van der Waals surface area contributed by atoms with Crippen LogP contribution in [-0.4, -0.2) is 20.8 Å². The Bertz CT molecular complexity index is 687. The zero-order valence-electron chi connectivity index (χ0n) is 12.6.